The lowest BCUT2D eigenvalue weighted by atomic mass is 10.0. The number of nitrogens with zero attached hydrogens (tertiary/aromatic N) is 1. The number of piperidine rings is 1. The lowest BCUT2D eigenvalue weighted by Gasteiger charge is -2.33. The average molecular weight is 314 g/mol. The highest BCUT2D eigenvalue weighted by atomic mass is 19.3. The number of carbonyl (C=O) groups excluding carboxylic acids is 1. The summed E-state index contributed by atoms with van der Waals surface area (Å²) in [7, 11) is 3.19. The fraction of sp³-hybridized carbons (Fsp3) is 0.533. The molecule has 0 aromatic heterocycles. The largest absolute Gasteiger partial charge is 0.493 e. The van der Waals surface area contributed by atoms with Crippen molar-refractivity contribution in [3.63, 3.8) is 0 Å². The molecule has 0 radical (unpaired) electrons. The molecule has 7 heteroatoms. The number of benzene rings is 1. The summed E-state index contributed by atoms with van der Waals surface area (Å²) in [5.74, 6) is -0.417. The van der Waals surface area contributed by atoms with E-state index in [-0.39, 0.29) is 29.0 Å². The van der Waals surface area contributed by atoms with Crippen molar-refractivity contribution in [3.05, 3.63) is 23.8 Å². The zero-order valence-electron chi connectivity index (χ0n) is 12.6. The van der Waals surface area contributed by atoms with Crippen LogP contribution in [0.3, 0.4) is 0 Å². The van der Waals surface area contributed by atoms with Gasteiger partial charge in [-0.15, -0.1) is 0 Å². The van der Waals surface area contributed by atoms with Gasteiger partial charge in [0.1, 0.15) is 0 Å². The van der Waals surface area contributed by atoms with Crippen LogP contribution in [0.5, 0.6) is 11.5 Å². The van der Waals surface area contributed by atoms with E-state index in [1.54, 1.807) is 11.0 Å². The fourth-order valence-electron chi connectivity index (χ4n) is 2.62. The molecule has 0 saturated carbocycles. The van der Waals surface area contributed by atoms with Gasteiger partial charge in [-0.3, -0.25) is 4.79 Å². The normalized spacial score (nSPS) is 18.4. The molecule has 0 bridgehead atoms. The van der Waals surface area contributed by atoms with Crippen LogP contribution in [0.25, 0.3) is 0 Å². The zero-order valence-corrected chi connectivity index (χ0v) is 12.6. The molecule has 1 aromatic rings. The second-order valence-electron chi connectivity index (χ2n) is 5.09. The molecule has 1 unspecified atom stereocenters. The summed E-state index contributed by atoms with van der Waals surface area (Å²) in [6.07, 6.45) is 1.85. The van der Waals surface area contributed by atoms with Gasteiger partial charge in [0.2, 0.25) is 0 Å². The number of rotatable bonds is 5. The van der Waals surface area contributed by atoms with E-state index in [2.05, 4.69) is 10.1 Å². The van der Waals surface area contributed by atoms with Crippen LogP contribution in [-0.2, 0) is 0 Å². The molecule has 1 N–H and O–H groups in total. The first-order valence-corrected chi connectivity index (χ1v) is 7.15. The molecule has 1 saturated heterocycles. The number of nitrogens with one attached hydrogen (secondary N) is 1. The molecule has 1 amide bonds. The molecule has 0 aliphatic carbocycles. The number of para-hydroxylation sites is 1. The van der Waals surface area contributed by atoms with Crippen molar-refractivity contribution in [2.24, 2.45) is 0 Å². The van der Waals surface area contributed by atoms with Gasteiger partial charge in [0.25, 0.3) is 5.91 Å². The highest BCUT2D eigenvalue weighted by Crippen LogP contribution is 2.33. The van der Waals surface area contributed by atoms with E-state index in [0.29, 0.717) is 13.1 Å². The number of hydrogen-bond acceptors (Lipinski definition) is 4. The maximum absolute atomic E-state index is 12.6. The minimum absolute atomic E-state index is 0.0939. The van der Waals surface area contributed by atoms with Gasteiger partial charge in [-0.1, -0.05) is 6.07 Å². The van der Waals surface area contributed by atoms with Crippen LogP contribution in [0.2, 0.25) is 0 Å². The van der Waals surface area contributed by atoms with E-state index in [4.69, 9.17) is 4.74 Å². The van der Waals surface area contributed by atoms with Crippen LogP contribution in [0.15, 0.2) is 18.2 Å². The number of hydrogen-bond donors (Lipinski definition) is 1. The lowest BCUT2D eigenvalue weighted by molar-refractivity contribution is -0.0516. The Bertz CT molecular complexity index is 526. The average Bonchev–Trinajstić information content (AvgIpc) is 2.54. The third-order valence-electron chi connectivity index (χ3n) is 3.75. The van der Waals surface area contributed by atoms with Crippen molar-refractivity contribution in [2.45, 2.75) is 25.5 Å². The molecular weight excluding hydrogens is 294 g/mol. The second kappa shape index (κ2) is 7.40. The van der Waals surface area contributed by atoms with Crippen molar-refractivity contribution in [1.82, 2.24) is 10.2 Å². The van der Waals surface area contributed by atoms with Gasteiger partial charge in [0, 0.05) is 19.1 Å². The topological polar surface area (TPSA) is 50.8 Å². The molecule has 5 nitrogen and oxygen atoms in total. The Labute approximate surface area is 128 Å². The van der Waals surface area contributed by atoms with Gasteiger partial charge in [-0.25, -0.2) is 0 Å². The first-order valence-electron chi connectivity index (χ1n) is 7.15. The molecule has 1 aromatic carbocycles. The van der Waals surface area contributed by atoms with Crippen LogP contribution >= 0.6 is 0 Å². The van der Waals surface area contributed by atoms with E-state index < -0.39 is 6.61 Å². The predicted octanol–water partition coefficient (Wildman–Crippen LogP) is 2.12. The number of likely N-dealkylation sites (N-methyl/N-ethyl adjacent to an activating group) is 1. The van der Waals surface area contributed by atoms with E-state index in [9.17, 15) is 13.6 Å². The molecule has 22 heavy (non-hydrogen) atoms. The van der Waals surface area contributed by atoms with Gasteiger partial charge in [-0.2, -0.15) is 8.78 Å². The Kier molecular flexibility index (Phi) is 5.54. The molecule has 122 valence electrons. The van der Waals surface area contributed by atoms with Crippen molar-refractivity contribution in [1.29, 1.82) is 0 Å². The van der Waals surface area contributed by atoms with Gasteiger partial charge in [-0.05, 0) is 32.0 Å². The van der Waals surface area contributed by atoms with Crippen LogP contribution in [0, 0.1) is 0 Å². The third kappa shape index (κ3) is 3.65. The quantitative estimate of drug-likeness (QED) is 0.904. The highest BCUT2D eigenvalue weighted by Gasteiger charge is 2.27. The number of halogens is 2. The maximum atomic E-state index is 12.6. The van der Waals surface area contributed by atoms with E-state index in [0.717, 1.165) is 12.8 Å². The SMILES string of the molecule is CNC1CCCN(C(=O)c2cccc(OC)c2OC(F)F)C1. The Balaban J connectivity index is 2.28. The summed E-state index contributed by atoms with van der Waals surface area (Å²) in [6, 6.07) is 4.76. The number of alkyl halides is 2. The molecule has 1 aliphatic heterocycles. The number of ether oxygens (including phenoxy) is 2. The molecular formula is C15H20F2N2O3. The molecule has 1 fully saturated rings. The summed E-state index contributed by atoms with van der Waals surface area (Å²) in [4.78, 5) is 14.3. The summed E-state index contributed by atoms with van der Waals surface area (Å²) >= 11 is 0. The van der Waals surface area contributed by atoms with Gasteiger partial charge in [0.05, 0.1) is 12.7 Å². The molecule has 2 rings (SSSR count). The van der Waals surface area contributed by atoms with Crippen molar-refractivity contribution in [3.8, 4) is 11.5 Å². The summed E-state index contributed by atoms with van der Waals surface area (Å²) in [6.45, 7) is -1.88. The molecule has 0 spiro atoms. The van der Waals surface area contributed by atoms with Gasteiger partial charge < -0.3 is 19.7 Å². The predicted molar refractivity (Wildman–Crippen MR) is 77.6 cm³/mol. The first-order chi connectivity index (χ1) is 10.6. The van der Waals surface area contributed by atoms with Crippen LogP contribution in [0.1, 0.15) is 23.2 Å². The van der Waals surface area contributed by atoms with Crippen molar-refractivity contribution in [2.75, 3.05) is 27.2 Å². The second-order valence-corrected chi connectivity index (χ2v) is 5.09. The smallest absolute Gasteiger partial charge is 0.387 e. The number of likely N-dealkylation sites (tertiary alicyclic amines) is 1. The van der Waals surface area contributed by atoms with E-state index >= 15 is 0 Å². The van der Waals surface area contributed by atoms with Crippen molar-refractivity contribution < 1.29 is 23.0 Å². The molecule has 1 heterocycles. The minimum atomic E-state index is -3.02. The maximum Gasteiger partial charge on any atom is 0.387 e. The van der Waals surface area contributed by atoms with Crippen molar-refractivity contribution >= 4 is 5.91 Å². The number of carbonyl (C=O) groups is 1. The molecule has 1 atom stereocenters. The van der Waals surface area contributed by atoms with Gasteiger partial charge in [0.15, 0.2) is 11.5 Å². The summed E-state index contributed by atoms with van der Waals surface area (Å²) in [5.41, 5.74) is 0.0939. The summed E-state index contributed by atoms with van der Waals surface area (Å²) < 4.78 is 34.8. The minimum Gasteiger partial charge on any atom is -0.493 e. The monoisotopic (exact) mass is 314 g/mol. The standard InChI is InChI=1S/C15H20F2N2O3/c1-18-10-5-4-8-19(9-10)14(20)11-6-3-7-12(21-2)13(11)22-15(16)17/h3,6-7,10,15,18H,4-5,8-9H2,1-2H3. The van der Waals surface area contributed by atoms with Crippen LogP contribution in [0.4, 0.5) is 8.78 Å². The fourth-order valence-corrected chi connectivity index (χ4v) is 2.62. The van der Waals surface area contributed by atoms with Gasteiger partial charge >= 0.3 is 6.61 Å². The van der Waals surface area contributed by atoms with Crippen LogP contribution in [-0.4, -0.2) is 50.7 Å². The van der Waals surface area contributed by atoms with Crippen LogP contribution < -0.4 is 14.8 Å². The number of amides is 1. The Hall–Kier alpha value is -1.89. The lowest BCUT2D eigenvalue weighted by Crippen LogP contribution is -2.47. The third-order valence-corrected chi connectivity index (χ3v) is 3.75. The molecule has 1 aliphatic rings. The first kappa shape index (κ1) is 16.5. The highest BCUT2D eigenvalue weighted by molar-refractivity contribution is 5.98. The van der Waals surface area contributed by atoms with E-state index in [1.807, 2.05) is 7.05 Å². The Morgan fingerprint density at radius 1 is 1.45 bits per heavy atom. The Morgan fingerprint density at radius 2 is 2.23 bits per heavy atom. The Morgan fingerprint density at radius 3 is 2.86 bits per heavy atom. The number of methoxy groups -OCH3 is 1. The summed E-state index contributed by atoms with van der Waals surface area (Å²) in [5, 5.41) is 3.14. The zero-order chi connectivity index (χ0) is 16.1. The van der Waals surface area contributed by atoms with E-state index in [1.165, 1.54) is 19.2 Å².